The second-order valence-electron chi connectivity index (χ2n) is 23.3. The van der Waals surface area contributed by atoms with Gasteiger partial charge in [0.15, 0.2) is 5.72 Å². The molecule has 4 bridgehead atoms. The molecule has 2 aromatic carbocycles. The topological polar surface area (TPSA) is 325 Å². The normalized spacial score (nSPS) is 23.7. The van der Waals surface area contributed by atoms with Crippen LogP contribution in [0.5, 0.6) is 5.75 Å². The molecule has 2 fully saturated rings. The molecule has 0 radical (unpaired) electrons. The van der Waals surface area contributed by atoms with Crippen molar-refractivity contribution in [1.82, 2.24) is 26.2 Å². The summed E-state index contributed by atoms with van der Waals surface area (Å²) < 4.78 is 79.9. The quantitative estimate of drug-likeness (QED) is 0.0168. The van der Waals surface area contributed by atoms with E-state index in [0.29, 0.717) is 52.9 Å². The number of nitrogens with zero attached hydrogens (tertiary/aromatic N) is 2. The number of alkyl halides is 5. The number of epoxide rings is 1. The van der Waals surface area contributed by atoms with Gasteiger partial charge in [-0.1, -0.05) is 88.0 Å². The van der Waals surface area contributed by atoms with Crippen LogP contribution < -0.4 is 42.0 Å². The number of likely N-dealkylation sites (N-methyl/N-ethyl adjacent to an activating group) is 1. The molecule has 10 atom stereocenters. The van der Waals surface area contributed by atoms with E-state index in [9.17, 15) is 48.3 Å². The molecule has 5 rings (SSSR count). The first kappa shape index (κ1) is 75.2. The standard InChI is InChI=1S/C61H82Br2ClF3N8O16/c1-32(2)50(72-47(76)19-12-11-13-23-88-56(82)37(30-62)31-63)53(79)71-41(17-15-22-69-57(68)83)52(78)70-38-20-21-39(40(27-38)61(65,66)67)54(80)74(7)35(5)55(81)90-46-28-48(77)75(8)42-25-36(26-43(86-9)49(42)64)24-33(3)16-14-18-45(87-10)60(85)29-44(89-58(84)73-60)34(4)51-59(46,6)91-51/h14,16,18,20-21,25-27,32,34-35,37,41,44-46,50-51,85H,11-13,15,17,19,22-24,28-31H2,1-10H3,(H,70,78)(H,71,79)(H,72,76)(H,73,84)(H3,68,69,83)/b18-14+,33-16+/t34-,35+,41+,44+,45-,46+,50+,51+,59+,60+/m1/s1. The summed E-state index contributed by atoms with van der Waals surface area (Å²) in [6.45, 7) is 9.64. The van der Waals surface area contributed by atoms with E-state index in [1.165, 1.54) is 33.1 Å². The fraction of sp³-hybridized carbons (Fsp3) is 0.590. The molecule has 8 N–H and O–H groups in total. The Kier molecular flexibility index (Phi) is 27.6. The average Bonchev–Trinajstić information content (AvgIpc) is 1.59. The number of amides is 8. The zero-order valence-corrected chi connectivity index (χ0v) is 56.3. The smallest absolute Gasteiger partial charge is 0.417 e. The fourth-order valence-corrected chi connectivity index (χ4v) is 12.4. The molecule has 3 aliphatic heterocycles. The molecule has 0 spiro atoms. The molecule has 0 unspecified atom stereocenters. The molecular weight excluding hydrogens is 1350 g/mol. The van der Waals surface area contributed by atoms with E-state index >= 15 is 13.2 Å². The van der Waals surface area contributed by atoms with Gasteiger partial charge in [-0.3, -0.25) is 34.1 Å². The Bertz CT molecular complexity index is 3050. The van der Waals surface area contributed by atoms with Gasteiger partial charge < -0.3 is 70.3 Å². The summed E-state index contributed by atoms with van der Waals surface area (Å²) in [7, 11) is 5.26. The van der Waals surface area contributed by atoms with Crippen LogP contribution in [0.2, 0.25) is 5.02 Å². The van der Waals surface area contributed by atoms with Crippen molar-refractivity contribution in [2.45, 2.75) is 159 Å². The molecule has 0 saturated carbocycles. The van der Waals surface area contributed by atoms with Crippen LogP contribution in [0.25, 0.3) is 0 Å². The van der Waals surface area contributed by atoms with Crippen molar-refractivity contribution in [2.24, 2.45) is 23.5 Å². The largest absolute Gasteiger partial charge is 0.495 e. The summed E-state index contributed by atoms with van der Waals surface area (Å²) in [6, 6.07) is 0.527. The van der Waals surface area contributed by atoms with Gasteiger partial charge in [0.2, 0.25) is 23.6 Å². The van der Waals surface area contributed by atoms with Crippen LogP contribution in [-0.2, 0) is 65.0 Å². The third-order valence-corrected chi connectivity index (χ3v) is 18.1. The van der Waals surface area contributed by atoms with Gasteiger partial charge in [-0.15, -0.1) is 0 Å². The molecule has 0 aromatic heterocycles. The number of fused-ring (bicyclic) bond motifs is 5. The number of hydrogen-bond donors (Lipinski definition) is 7. The van der Waals surface area contributed by atoms with Gasteiger partial charge in [0.25, 0.3) is 5.91 Å². The van der Waals surface area contributed by atoms with E-state index in [-0.39, 0.29) is 67.2 Å². The lowest BCUT2D eigenvalue weighted by molar-refractivity contribution is -0.158. The van der Waals surface area contributed by atoms with Crippen molar-refractivity contribution in [2.75, 3.05) is 62.3 Å². The number of alkyl carbamates (subject to hydrolysis) is 1. The summed E-state index contributed by atoms with van der Waals surface area (Å²) in [6.07, 6.45) is -4.92. The highest BCUT2D eigenvalue weighted by atomic mass is 79.9. The summed E-state index contributed by atoms with van der Waals surface area (Å²) >= 11 is 13.3. The van der Waals surface area contributed by atoms with Crippen molar-refractivity contribution in [3.63, 3.8) is 0 Å². The highest BCUT2D eigenvalue weighted by molar-refractivity contribution is 9.09. The fourth-order valence-electron chi connectivity index (χ4n) is 10.5. The number of rotatable bonds is 25. The lowest BCUT2D eigenvalue weighted by Gasteiger charge is -2.42. The minimum Gasteiger partial charge on any atom is -0.495 e. The van der Waals surface area contributed by atoms with Gasteiger partial charge in [-0.2, -0.15) is 13.2 Å². The van der Waals surface area contributed by atoms with Gasteiger partial charge in [-0.05, 0) is 101 Å². The Labute approximate surface area is 548 Å². The minimum absolute atomic E-state index is 0.0125. The van der Waals surface area contributed by atoms with E-state index in [2.05, 4.69) is 58.4 Å². The number of nitrogens with one attached hydrogen (secondary N) is 5. The van der Waals surface area contributed by atoms with E-state index in [1.54, 1.807) is 58.1 Å². The van der Waals surface area contributed by atoms with Crippen LogP contribution >= 0.6 is 43.5 Å². The molecule has 504 valence electrons. The van der Waals surface area contributed by atoms with Crippen molar-refractivity contribution >= 4 is 108 Å². The molecule has 0 aliphatic carbocycles. The van der Waals surface area contributed by atoms with Crippen molar-refractivity contribution in [3.8, 4) is 5.75 Å². The van der Waals surface area contributed by atoms with Gasteiger partial charge >= 0.3 is 30.2 Å². The number of unbranched alkanes of at least 4 members (excludes halogenated alkanes) is 2. The maximum absolute atomic E-state index is 15.1. The van der Waals surface area contributed by atoms with Crippen molar-refractivity contribution in [3.05, 3.63) is 75.8 Å². The number of halogens is 6. The maximum Gasteiger partial charge on any atom is 0.417 e. The lowest BCUT2D eigenvalue weighted by Crippen LogP contribution is -2.63. The minimum atomic E-state index is -5.25. The molecule has 2 saturated heterocycles. The van der Waals surface area contributed by atoms with Crippen LogP contribution in [0, 0.1) is 17.8 Å². The maximum atomic E-state index is 15.1. The number of anilines is 2. The number of benzene rings is 2. The summed E-state index contributed by atoms with van der Waals surface area (Å²) in [4.78, 5) is 123. The molecule has 30 heteroatoms. The highest BCUT2D eigenvalue weighted by Crippen LogP contribution is 2.49. The first-order valence-electron chi connectivity index (χ1n) is 29.5. The summed E-state index contributed by atoms with van der Waals surface area (Å²) in [5.41, 5.74) is 0.484. The van der Waals surface area contributed by atoms with Gasteiger partial charge in [0, 0.05) is 62.9 Å². The zero-order valence-electron chi connectivity index (χ0n) is 52.4. The predicted molar refractivity (Wildman–Crippen MR) is 336 cm³/mol. The van der Waals surface area contributed by atoms with Gasteiger partial charge in [0.05, 0.1) is 49.0 Å². The van der Waals surface area contributed by atoms with E-state index in [0.717, 1.165) is 24.8 Å². The molecule has 91 heavy (non-hydrogen) atoms. The van der Waals surface area contributed by atoms with E-state index < -0.39 is 143 Å². The average molecular weight is 1440 g/mol. The second-order valence-corrected chi connectivity index (χ2v) is 25.0. The number of urea groups is 1. The molecule has 2 aromatic rings. The number of nitrogens with two attached hydrogens (primary N) is 1. The molecular formula is C61H82Br2ClF3N8O16. The monoisotopic (exact) mass is 1430 g/mol. The lowest BCUT2D eigenvalue weighted by atomic mass is 9.83. The Hall–Kier alpha value is -6.53. The van der Waals surface area contributed by atoms with Crippen LogP contribution in [0.4, 0.5) is 34.1 Å². The SMILES string of the molecule is COc1cc2cc(c1Cl)N(C)C(=O)C[C@H](OC(=O)[C@H](C)N(C)C(=O)c1ccc(NC(=O)[C@H](CCCNC(N)=O)NC(=O)[C@@H](NC(=O)CCCCCOC(=O)C(CBr)CBr)C(C)C)cc1C(F)(F)F)[C@]1(C)O[C@H]1[C@H](C)[C@@H]1C[C@@](O)(NC(=O)O1)[C@H](OC)/C=C/C=C(\C)C2. The van der Waals surface area contributed by atoms with Crippen molar-refractivity contribution < 1.29 is 89.8 Å². The number of primary amides is 1. The summed E-state index contributed by atoms with van der Waals surface area (Å²) in [5.74, 6) is -7.15. The van der Waals surface area contributed by atoms with Gasteiger partial charge in [0.1, 0.15) is 52.8 Å². The van der Waals surface area contributed by atoms with Gasteiger partial charge in [-0.25, -0.2) is 14.4 Å². The number of methoxy groups -OCH3 is 2. The Morgan fingerprint density at radius 2 is 1.68 bits per heavy atom. The predicted octanol–water partition coefficient (Wildman–Crippen LogP) is 7.37. The molecule has 24 nitrogen and oxygen atoms in total. The first-order valence-corrected chi connectivity index (χ1v) is 32.2. The van der Waals surface area contributed by atoms with Crippen LogP contribution in [0.15, 0.2) is 54.1 Å². The molecule has 3 heterocycles. The number of hydrogen-bond acceptors (Lipinski definition) is 16. The second kappa shape index (κ2) is 33.4. The number of ether oxygens (including phenoxy) is 6. The third kappa shape index (κ3) is 20.2. The van der Waals surface area contributed by atoms with Crippen molar-refractivity contribution in [1.29, 1.82) is 0 Å². The Balaban J connectivity index is 1.37. The van der Waals surface area contributed by atoms with E-state index in [1.807, 2.05) is 6.92 Å². The van der Waals surface area contributed by atoms with E-state index in [4.69, 9.17) is 45.8 Å². The molecule has 8 amide bonds. The molecule has 3 aliphatic rings. The number of aliphatic hydroxyl groups is 1. The number of esters is 2. The number of allylic oxidation sites excluding steroid dienone is 3. The zero-order chi connectivity index (χ0) is 67.9. The number of carbonyl (C=O) groups excluding carboxylic acids is 9. The highest BCUT2D eigenvalue weighted by Gasteiger charge is 2.64. The Morgan fingerprint density at radius 1 is 0.989 bits per heavy atom. The van der Waals surface area contributed by atoms with Crippen LogP contribution in [-0.4, -0.2) is 170 Å². The third-order valence-electron chi connectivity index (χ3n) is 16.1. The Morgan fingerprint density at radius 3 is 2.31 bits per heavy atom. The first-order chi connectivity index (χ1) is 42.7. The van der Waals surface area contributed by atoms with Crippen LogP contribution in [0.3, 0.4) is 0 Å². The van der Waals surface area contributed by atoms with Crippen LogP contribution in [0.1, 0.15) is 114 Å². The number of carbonyl (C=O) groups is 9. The summed E-state index contributed by atoms with van der Waals surface area (Å²) in [5, 5.41) is 25.3.